The molecule has 27 nitrogen and oxygen atoms in total. The number of aliphatic hydroxyl groups excluding tert-OH is 2. The van der Waals surface area contributed by atoms with E-state index < -0.39 is 139 Å². The highest BCUT2D eigenvalue weighted by Gasteiger charge is 2.42. The van der Waals surface area contributed by atoms with Crippen molar-refractivity contribution in [2.45, 2.75) is 234 Å². The van der Waals surface area contributed by atoms with E-state index in [9.17, 15) is 58.2 Å². The highest BCUT2D eigenvalue weighted by molar-refractivity contribution is 5.98. The van der Waals surface area contributed by atoms with Gasteiger partial charge in [0.1, 0.15) is 54.4 Å². The van der Waals surface area contributed by atoms with Crippen LogP contribution in [0.5, 0.6) is 0 Å². The molecule has 1 fully saturated rings. The van der Waals surface area contributed by atoms with Crippen LogP contribution in [0.3, 0.4) is 0 Å². The van der Waals surface area contributed by atoms with Gasteiger partial charge in [-0.2, -0.15) is 0 Å². The van der Waals surface area contributed by atoms with E-state index in [-0.39, 0.29) is 100 Å². The van der Waals surface area contributed by atoms with Crippen molar-refractivity contribution in [3.05, 3.63) is 73.9 Å². The van der Waals surface area contributed by atoms with Crippen molar-refractivity contribution < 1.29 is 72.5 Å². The maximum atomic E-state index is 15.1. The van der Waals surface area contributed by atoms with Crippen molar-refractivity contribution in [2.24, 2.45) is 35.5 Å². The molecule has 0 saturated carbocycles. The van der Waals surface area contributed by atoms with Gasteiger partial charge in [-0.05, 0) is 113 Å². The van der Waals surface area contributed by atoms with Crippen molar-refractivity contribution in [1.29, 1.82) is 0 Å². The number of unbranched alkanes of at least 4 members (excludes halogenated alkanes) is 1. The van der Waals surface area contributed by atoms with Crippen molar-refractivity contribution in [3.8, 4) is 0 Å². The first-order chi connectivity index (χ1) is 49.9. The minimum absolute atomic E-state index is 0.0156. The highest BCUT2D eigenvalue weighted by Crippen LogP contribution is 2.24. The van der Waals surface area contributed by atoms with E-state index in [0.29, 0.717) is 50.8 Å². The largest absolute Gasteiger partial charge is 0.394 e. The summed E-state index contributed by atoms with van der Waals surface area (Å²) < 4.78 is 5.74. The van der Waals surface area contributed by atoms with E-state index in [1.54, 1.807) is 41.4 Å². The lowest BCUT2D eigenvalue weighted by atomic mass is 9.97. The van der Waals surface area contributed by atoms with Gasteiger partial charge < -0.3 is 75.8 Å². The van der Waals surface area contributed by atoms with Gasteiger partial charge in [0.15, 0.2) is 0 Å². The number of carbonyl (C=O) groups is 12. The summed E-state index contributed by atoms with van der Waals surface area (Å²) in [5, 5.41) is 35.1. The number of nitrogens with zero attached hydrogens (tertiary/aromatic N) is 7. The van der Waals surface area contributed by atoms with Crippen LogP contribution >= 0.6 is 0 Å². The molecule has 1 aliphatic rings. The smallest absolute Gasteiger partial charge is 0.248 e. The predicted octanol–water partition coefficient (Wildman–Crippen LogP) is 5.47. The first kappa shape index (κ1) is 96.0. The molecule has 1 rings (SSSR count). The lowest BCUT2D eigenvalue weighted by Gasteiger charge is -2.37. The molecule has 1 saturated heterocycles. The topological polar surface area (TPSA) is 337 Å². The van der Waals surface area contributed by atoms with Gasteiger partial charge in [-0.15, -0.1) is 0 Å². The van der Waals surface area contributed by atoms with Crippen molar-refractivity contribution >= 4 is 71.4 Å². The van der Waals surface area contributed by atoms with Crippen LogP contribution in [0.1, 0.15) is 173 Å². The molecule has 0 radical (unpaired) electrons. The Morgan fingerprint density at radius 2 is 1.05 bits per heavy atom. The third-order valence-electron chi connectivity index (χ3n) is 18.8. The summed E-state index contributed by atoms with van der Waals surface area (Å²) in [4.78, 5) is 182. The number of likely N-dealkylation sites (tertiary alicyclic amines) is 1. The Balaban J connectivity index is 3.82. The van der Waals surface area contributed by atoms with Crippen molar-refractivity contribution in [3.63, 3.8) is 0 Å². The number of allylic oxidation sites excluding steroid dienone is 7. The number of rotatable bonds is 51. The molecular weight excluding hydrogens is 1360 g/mol. The molecule has 106 heavy (non-hydrogen) atoms. The first-order valence-corrected chi connectivity index (χ1v) is 38.0. The number of hydrogen-bond acceptors (Lipinski definition) is 15. The van der Waals surface area contributed by atoms with Crippen LogP contribution in [-0.2, 0) is 62.3 Å². The van der Waals surface area contributed by atoms with Crippen LogP contribution in [0.2, 0.25) is 0 Å². The third kappa shape index (κ3) is 32.6. The number of ether oxygens (including phenoxy) is 1. The van der Waals surface area contributed by atoms with Gasteiger partial charge in [-0.25, -0.2) is 0 Å². The quantitative estimate of drug-likeness (QED) is 0.0226. The fourth-order valence-electron chi connectivity index (χ4n) is 12.6. The van der Waals surface area contributed by atoms with Gasteiger partial charge in [0, 0.05) is 67.8 Å². The maximum absolute atomic E-state index is 15.1. The van der Waals surface area contributed by atoms with Crippen molar-refractivity contribution in [2.75, 3.05) is 87.8 Å². The van der Waals surface area contributed by atoms with E-state index >= 15 is 9.59 Å². The average Bonchev–Trinajstić information content (AvgIpc) is 0.499. The summed E-state index contributed by atoms with van der Waals surface area (Å²) in [7, 11) is 7.18. The third-order valence-corrected chi connectivity index (χ3v) is 18.8. The predicted molar refractivity (Wildman–Crippen MR) is 413 cm³/mol. The molecule has 1 heterocycles. The summed E-state index contributed by atoms with van der Waals surface area (Å²) in [5.41, 5.74) is 0.533. The molecule has 0 aromatic carbocycles. The van der Waals surface area contributed by atoms with Crippen LogP contribution in [0.4, 0.5) is 0 Å². The second-order valence-corrected chi connectivity index (χ2v) is 30.0. The number of amides is 12. The second kappa shape index (κ2) is 50.5. The summed E-state index contributed by atoms with van der Waals surface area (Å²) in [6.45, 7) is 34.3. The molecule has 9 unspecified atom stereocenters. The number of piperidine rings is 1. The molecule has 0 aromatic rings. The van der Waals surface area contributed by atoms with E-state index in [0.717, 1.165) is 19.3 Å². The molecule has 0 bridgehead atoms. The Labute approximate surface area is 633 Å². The lowest BCUT2D eigenvalue weighted by Crippen LogP contribution is -2.61. The molecule has 0 aliphatic carbocycles. The van der Waals surface area contributed by atoms with Crippen LogP contribution in [0.25, 0.3) is 0 Å². The molecule has 600 valence electrons. The molecule has 11 atom stereocenters. The molecule has 0 aromatic heterocycles. The molecule has 1 aliphatic heterocycles. The van der Waals surface area contributed by atoms with E-state index in [4.69, 9.17) is 4.74 Å². The lowest BCUT2D eigenvalue weighted by molar-refractivity contribution is -0.151. The second-order valence-electron chi connectivity index (χ2n) is 30.0. The normalized spacial score (nSPS) is 15.8. The SMILES string of the molecule is C=C/C=C\C=C\CC(NC(=O)C(CC(C)C)N(C)C(=O)[C@@H](CC(C)C)NC=O)C(=O)N(C)C(CC(C)C)C(=O)NC(C(=O)N(CCCC)CC(=O)N(C)C(CC(C)C)C(=O)NCC(COCCO)C(=O)N(C)C(C/C(C=C)=C/C=C)C(=O)N(C)C(CC(C)C)C(=O)N[C@@H](CC)C(=O)N1CCCCC1)C(C)O. The number of aliphatic hydroxyl groups is 2. The zero-order valence-electron chi connectivity index (χ0n) is 67.2. The van der Waals surface area contributed by atoms with E-state index in [1.807, 2.05) is 83.1 Å². The molecule has 12 amide bonds. The van der Waals surface area contributed by atoms with Gasteiger partial charge in [0.05, 0.1) is 38.4 Å². The number of hydrogen-bond donors (Lipinski definition) is 7. The number of nitrogens with one attached hydrogen (secondary N) is 5. The summed E-state index contributed by atoms with van der Waals surface area (Å²) in [5.74, 6) is -8.65. The standard InChI is InChI=1S/C79H134N12O15/c1-22-27-29-30-32-36-61(83-72(98)64(44-54(10)11)87(19)76(102)62(81-51-93)42-52(6)7)75(101)86(18)66(46-56(14)15)73(99)84-69(57(16)94)79(105)91(37-28-23-2)49-68(95)85(17)63(43-53(8)9)70(96)80-48-59(50-106-41-40-92)74(100)89(21)67(47-58(25-4)35-24-3)78(104)88(20)65(45-55(12)13)71(97)82-60(26-5)77(103)90-38-33-31-34-39-90/h22,24-25,27,29-30,32,35,51-57,59-67,69,92,94H,1,3-4,23,26,28,31,33-34,36-50H2,2,5-21H3,(H,80,96)(H,81,93)(H,82,97)(H,83,98)(H,84,99)/b29-27-,32-30+,58-35+/t57?,59?,60-,61?,62+,63?,64?,65?,66?,67?,69?/m0/s1. The Morgan fingerprint density at radius 1 is 0.557 bits per heavy atom. The molecule has 0 spiro atoms. The van der Waals surface area contributed by atoms with Gasteiger partial charge >= 0.3 is 0 Å². The zero-order chi connectivity index (χ0) is 80.7. The van der Waals surface area contributed by atoms with Crippen LogP contribution in [0.15, 0.2) is 73.9 Å². The summed E-state index contributed by atoms with van der Waals surface area (Å²) in [6.07, 6.45) is 16.5. The Hall–Kier alpha value is -8.04. The highest BCUT2D eigenvalue weighted by atomic mass is 16.5. The molecule has 27 heteroatoms. The fourth-order valence-corrected chi connectivity index (χ4v) is 12.6. The maximum Gasteiger partial charge on any atom is 0.248 e. The van der Waals surface area contributed by atoms with Crippen LogP contribution in [-0.4, -0.2) is 264 Å². The number of carbonyl (C=O) groups excluding carboxylic acids is 12. The Morgan fingerprint density at radius 3 is 1.51 bits per heavy atom. The first-order valence-electron chi connectivity index (χ1n) is 38.0. The van der Waals surface area contributed by atoms with Gasteiger partial charge in [0.25, 0.3) is 0 Å². The van der Waals surface area contributed by atoms with Gasteiger partial charge in [-0.1, -0.05) is 158 Å². The van der Waals surface area contributed by atoms with Gasteiger partial charge in [-0.3, -0.25) is 57.5 Å². The summed E-state index contributed by atoms with van der Waals surface area (Å²) >= 11 is 0. The molecular formula is C79H134N12O15. The zero-order valence-corrected chi connectivity index (χ0v) is 67.2. The van der Waals surface area contributed by atoms with Gasteiger partial charge in [0.2, 0.25) is 71.4 Å². The van der Waals surface area contributed by atoms with E-state index in [2.05, 4.69) is 46.3 Å². The van der Waals surface area contributed by atoms with Crippen LogP contribution < -0.4 is 26.6 Å². The van der Waals surface area contributed by atoms with Crippen molar-refractivity contribution in [1.82, 2.24) is 60.9 Å². The Bertz CT molecular complexity index is 2940. The average molecular weight is 1490 g/mol. The minimum atomic E-state index is -1.67. The fraction of sp³-hybridized carbons (Fsp3) is 0.696. The van der Waals surface area contributed by atoms with E-state index in [1.165, 1.54) is 83.7 Å². The number of likely N-dealkylation sites (N-methyl/N-ethyl adjacent to an activating group) is 5. The molecule has 7 N–H and O–H groups in total. The van der Waals surface area contributed by atoms with Crippen LogP contribution in [0, 0.1) is 35.5 Å². The minimum Gasteiger partial charge on any atom is -0.394 e. The monoisotopic (exact) mass is 1490 g/mol. The Kier molecular flexibility index (Phi) is 45.7. The summed E-state index contributed by atoms with van der Waals surface area (Å²) in [6, 6.07) is -10.6.